The van der Waals surface area contributed by atoms with Crippen molar-refractivity contribution in [1.29, 1.82) is 0 Å². The maximum atomic E-state index is 12.3. The van der Waals surface area contributed by atoms with Gasteiger partial charge in [-0.05, 0) is 49.9 Å². The predicted molar refractivity (Wildman–Crippen MR) is 101 cm³/mol. The highest BCUT2D eigenvalue weighted by atomic mass is 35.5. The summed E-state index contributed by atoms with van der Waals surface area (Å²) in [6.45, 7) is 7.72. The summed E-state index contributed by atoms with van der Waals surface area (Å²) in [5, 5.41) is 6.63. The Kier molecular flexibility index (Phi) is 7.08. The van der Waals surface area contributed by atoms with Gasteiger partial charge in [0.1, 0.15) is 0 Å². The highest BCUT2D eigenvalue weighted by Crippen LogP contribution is 2.29. The Morgan fingerprint density at radius 2 is 2.12 bits per heavy atom. The van der Waals surface area contributed by atoms with Crippen LogP contribution in [0.3, 0.4) is 0 Å². The highest BCUT2D eigenvalue weighted by molar-refractivity contribution is 5.94. The van der Waals surface area contributed by atoms with Crippen molar-refractivity contribution in [2.45, 2.75) is 38.6 Å². The fourth-order valence-corrected chi connectivity index (χ4v) is 3.90. The van der Waals surface area contributed by atoms with Gasteiger partial charge in [-0.3, -0.25) is 9.69 Å². The van der Waals surface area contributed by atoms with Crippen molar-refractivity contribution in [1.82, 2.24) is 15.5 Å². The topological polar surface area (TPSA) is 44.4 Å². The zero-order valence-electron chi connectivity index (χ0n) is 14.6. The van der Waals surface area contributed by atoms with E-state index in [9.17, 15) is 4.79 Å². The second-order valence-electron chi connectivity index (χ2n) is 7.43. The molecule has 134 valence electrons. The van der Waals surface area contributed by atoms with E-state index in [0.717, 1.165) is 31.7 Å². The van der Waals surface area contributed by atoms with E-state index < -0.39 is 0 Å². The molecule has 5 heteroatoms. The number of benzene rings is 1. The molecule has 2 heterocycles. The first-order valence-corrected chi connectivity index (χ1v) is 8.94. The van der Waals surface area contributed by atoms with Crippen molar-refractivity contribution in [3.63, 3.8) is 0 Å². The Morgan fingerprint density at radius 1 is 1.33 bits per heavy atom. The minimum Gasteiger partial charge on any atom is -0.350 e. The SMILES string of the molecule is CC1(CN2CCCCC2CNC(=O)c2ccccc2)CCNC1.Cl. The second kappa shape index (κ2) is 8.84. The average molecular weight is 352 g/mol. The molecule has 0 saturated carbocycles. The van der Waals surface area contributed by atoms with Crippen molar-refractivity contribution < 1.29 is 4.79 Å². The molecule has 0 spiro atoms. The molecule has 2 unspecified atom stereocenters. The van der Waals surface area contributed by atoms with Crippen molar-refractivity contribution in [2.24, 2.45) is 5.41 Å². The molecule has 0 aromatic heterocycles. The lowest BCUT2D eigenvalue weighted by Crippen LogP contribution is -2.50. The number of rotatable bonds is 5. The quantitative estimate of drug-likeness (QED) is 0.857. The Balaban J connectivity index is 0.00000208. The number of hydrogen-bond acceptors (Lipinski definition) is 3. The predicted octanol–water partition coefficient (Wildman–Crippen LogP) is 2.69. The number of carbonyl (C=O) groups is 1. The molecule has 2 saturated heterocycles. The van der Waals surface area contributed by atoms with E-state index in [1.165, 1.54) is 32.2 Å². The molecule has 1 aromatic carbocycles. The molecule has 3 rings (SSSR count). The molecule has 2 N–H and O–H groups in total. The molecule has 0 radical (unpaired) electrons. The largest absolute Gasteiger partial charge is 0.350 e. The molecule has 0 aliphatic carbocycles. The molecule has 0 bridgehead atoms. The van der Waals surface area contributed by atoms with Gasteiger partial charge in [-0.2, -0.15) is 0 Å². The van der Waals surface area contributed by atoms with Gasteiger partial charge >= 0.3 is 0 Å². The molecular formula is C19H30ClN3O. The zero-order chi connectivity index (χ0) is 16.1. The first-order valence-electron chi connectivity index (χ1n) is 8.94. The van der Waals surface area contributed by atoms with E-state index in [4.69, 9.17) is 0 Å². The first kappa shape index (κ1) is 19.2. The number of nitrogens with zero attached hydrogens (tertiary/aromatic N) is 1. The number of likely N-dealkylation sites (tertiary alicyclic amines) is 1. The van der Waals surface area contributed by atoms with Crippen LogP contribution in [0, 0.1) is 5.41 Å². The normalized spacial score (nSPS) is 27.5. The maximum Gasteiger partial charge on any atom is 0.251 e. The van der Waals surface area contributed by atoms with Gasteiger partial charge in [0.25, 0.3) is 5.91 Å². The van der Waals surface area contributed by atoms with E-state index in [1.54, 1.807) is 0 Å². The van der Waals surface area contributed by atoms with Gasteiger partial charge in [-0.15, -0.1) is 12.4 Å². The number of piperidine rings is 1. The third kappa shape index (κ3) is 4.95. The summed E-state index contributed by atoms with van der Waals surface area (Å²) in [6.07, 6.45) is 5.01. The zero-order valence-corrected chi connectivity index (χ0v) is 15.4. The fourth-order valence-electron chi connectivity index (χ4n) is 3.90. The summed E-state index contributed by atoms with van der Waals surface area (Å²) in [5.74, 6) is 0.0462. The first-order chi connectivity index (χ1) is 11.2. The van der Waals surface area contributed by atoms with E-state index in [2.05, 4.69) is 22.5 Å². The van der Waals surface area contributed by atoms with Gasteiger partial charge in [0.05, 0.1) is 0 Å². The molecule has 1 aromatic rings. The van der Waals surface area contributed by atoms with Crippen LogP contribution in [0.4, 0.5) is 0 Å². The second-order valence-corrected chi connectivity index (χ2v) is 7.43. The lowest BCUT2D eigenvalue weighted by atomic mass is 9.87. The molecule has 1 amide bonds. The van der Waals surface area contributed by atoms with Gasteiger partial charge < -0.3 is 10.6 Å². The molecule has 2 atom stereocenters. The van der Waals surface area contributed by atoms with Gasteiger partial charge in [0.15, 0.2) is 0 Å². The van der Waals surface area contributed by atoms with Crippen LogP contribution < -0.4 is 10.6 Å². The number of halogens is 1. The molecular weight excluding hydrogens is 322 g/mol. The third-order valence-electron chi connectivity index (χ3n) is 5.33. The van der Waals surface area contributed by atoms with Crippen LogP contribution in [0.15, 0.2) is 30.3 Å². The van der Waals surface area contributed by atoms with Crippen molar-refractivity contribution in [2.75, 3.05) is 32.7 Å². The average Bonchev–Trinajstić information content (AvgIpc) is 3.01. The Bertz CT molecular complexity index is 517. The Labute approximate surface area is 151 Å². The minimum absolute atomic E-state index is 0. The van der Waals surface area contributed by atoms with Crippen molar-refractivity contribution in [3.05, 3.63) is 35.9 Å². The summed E-state index contributed by atoms with van der Waals surface area (Å²) in [5.41, 5.74) is 1.14. The van der Waals surface area contributed by atoms with Gasteiger partial charge in [-0.25, -0.2) is 0 Å². The third-order valence-corrected chi connectivity index (χ3v) is 5.33. The van der Waals surface area contributed by atoms with E-state index in [0.29, 0.717) is 11.5 Å². The van der Waals surface area contributed by atoms with Crippen LogP contribution in [-0.2, 0) is 0 Å². The Hall–Kier alpha value is -1.10. The lowest BCUT2D eigenvalue weighted by molar-refractivity contribution is 0.0829. The summed E-state index contributed by atoms with van der Waals surface area (Å²) in [4.78, 5) is 14.9. The van der Waals surface area contributed by atoms with Crippen LogP contribution >= 0.6 is 12.4 Å². The summed E-state index contributed by atoms with van der Waals surface area (Å²) in [6, 6.07) is 9.99. The standard InChI is InChI=1S/C19H29N3O.ClH/c1-19(10-11-20-14-19)15-22-12-6-5-9-17(22)13-21-18(23)16-7-3-2-4-8-16;/h2-4,7-8,17,20H,5-6,9-15H2,1H3,(H,21,23);1H. The fraction of sp³-hybridized carbons (Fsp3) is 0.632. The van der Waals surface area contributed by atoms with E-state index in [-0.39, 0.29) is 18.3 Å². The lowest BCUT2D eigenvalue weighted by Gasteiger charge is -2.40. The molecule has 24 heavy (non-hydrogen) atoms. The van der Waals surface area contributed by atoms with Crippen LogP contribution in [0.2, 0.25) is 0 Å². The number of hydrogen-bond donors (Lipinski definition) is 2. The van der Waals surface area contributed by atoms with E-state index >= 15 is 0 Å². The van der Waals surface area contributed by atoms with Crippen molar-refractivity contribution in [3.8, 4) is 0 Å². The number of nitrogens with one attached hydrogen (secondary N) is 2. The smallest absolute Gasteiger partial charge is 0.251 e. The van der Waals surface area contributed by atoms with Crippen LogP contribution in [0.25, 0.3) is 0 Å². The minimum atomic E-state index is 0. The summed E-state index contributed by atoms with van der Waals surface area (Å²) < 4.78 is 0. The van der Waals surface area contributed by atoms with Gasteiger partial charge in [0.2, 0.25) is 0 Å². The molecule has 4 nitrogen and oxygen atoms in total. The van der Waals surface area contributed by atoms with Crippen LogP contribution in [0.5, 0.6) is 0 Å². The maximum absolute atomic E-state index is 12.3. The van der Waals surface area contributed by atoms with Gasteiger partial charge in [-0.1, -0.05) is 31.5 Å². The monoisotopic (exact) mass is 351 g/mol. The number of amides is 1. The summed E-state index contributed by atoms with van der Waals surface area (Å²) in [7, 11) is 0. The van der Waals surface area contributed by atoms with Crippen LogP contribution in [-0.4, -0.2) is 49.6 Å². The van der Waals surface area contributed by atoms with Gasteiger partial charge in [0, 0.05) is 31.2 Å². The molecule has 2 fully saturated rings. The highest BCUT2D eigenvalue weighted by Gasteiger charge is 2.34. The van der Waals surface area contributed by atoms with Crippen molar-refractivity contribution >= 4 is 18.3 Å². The number of carbonyl (C=O) groups excluding carboxylic acids is 1. The van der Waals surface area contributed by atoms with Crippen LogP contribution in [0.1, 0.15) is 43.0 Å². The summed E-state index contributed by atoms with van der Waals surface area (Å²) >= 11 is 0. The Morgan fingerprint density at radius 3 is 2.83 bits per heavy atom. The molecule has 2 aliphatic rings. The molecule has 2 aliphatic heterocycles. The van der Waals surface area contributed by atoms with E-state index in [1.807, 2.05) is 30.3 Å².